The lowest BCUT2D eigenvalue weighted by molar-refractivity contribution is 0.102. The summed E-state index contributed by atoms with van der Waals surface area (Å²) in [6, 6.07) is 6.94. The fraction of sp³-hybridized carbons (Fsp3) is 0.154. The van der Waals surface area contributed by atoms with Gasteiger partial charge in [0.25, 0.3) is 5.91 Å². The Morgan fingerprint density at radius 2 is 2.00 bits per heavy atom. The van der Waals surface area contributed by atoms with Gasteiger partial charge >= 0.3 is 0 Å². The zero-order valence-electron chi connectivity index (χ0n) is 10.6. The van der Waals surface area contributed by atoms with E-state index in [-0.39, 0.29) is 5.91 Å². The number of hydrogen-bond acceptors (Lipinski definition) is 4. The maximum atomic E-state index is 12.2. The summed E-state index contributed by atoms with van der Waals surface area (Å²) in [6.07, 6.45) is 0. The fourth-order valence-electron chi connectivity index (χ4n) is 1.61. The second-order valence-electron chi connectivity index (χ2n) is 4.18. The molecule has 0 unspecified atom stereocenters. The molecule has 1 amide bonds. The van der Waals surface area contributed by atoms with E-state index in [1.165, 1.54) is 0 Å². The minimum absolute atomic E-state index is 0.234. The monoisotopic (exact) mass is 320 g/mol. The van der Waals surface area contributed by atoms with Crippen LogP contribution in [0.1, 0.15) is 21.7 Å². The van der Waals surface area contributed by atoms with Gasteiger partial charge in [-0.3, -0.25) is 4.79 Å². The van der Waals surface area contributed by atoms with Gasteiger partial charge in [0.05, 0.1) is 22.6 Å². The molecule has 1 heterocycles. The summed E-state index contributed by atoms with van der Waals surface area (Å²) < 4.78 is 0.770. The lowest BCUT2D eigenvalue weighted by atomic mass is 10.2. The third kappa shape index (κ3) is 3.08. The van der Waals surface area contributed by atoms with Crippen molar-refractivity contribution < 1.29 is 4.79 Å². The van der Waals surface area contributed by atoms with Gasteiger partial charge in [-0.15, -0.1) is 0 Å². The lowest BCUT2D eigenvalue weighted by Crippen LogP contribution is -2.15. The molecular weight excluding hydrogens is 308 g/mol. The first-order valence-corrected chi connectivity index (χ1v) is 6.44. The van der Waals surface area contributed by atoms with Crippen LogP contribution in [0.2, 0.25) is 0 Å². The Labute approximate surface area is 119 Å². The van der Waals surface area contributed by atoms with Gasteiger partial charge in [-0.2, -0.15) is 10.2 Å². The number of rotatable bonds is 2. The number of aryl methyl sites for hydroxylation is 2. The van der Waals surface area contributed by atoms with E-state index in [9.17, 15) is 4.79 Å². The van der Waals surface area contributed by atoms with Gasteiger partial charge in [0.2, 0.25) is 0 Å². The second kappa shape index (κ2) is 5.36. The number of halogens is 1. The van der Waals surface area contributed by atoms with Crippen LogP contribution in [0, 0.1) is 13.8 Å². The van der Waals surface area contributed by atoms with E-state index in [1.807, 2.05) is 0 Å². The van der Waals surface area contributed by atoms with Gasteiger partial charge < -0.3 is 11.1 Å². The topological polar surface area (TPSA) is 80.9 Å². The van der Waals surface area contributed by atoms with Crippen LogP contribution in [0.25, 0.3) is 0 Å². The highest BCUT2D eigenvalue weighted by Crippen LogP contribution is 2.25. The van der Waals surface area contributed by atoms with Crippen molar-refractivity contribution in [1.82, 2.24) is 10.2 Å². The van der Waals surface area contributed by atoms with Crippen LogP contribution in [0.3, 0.4) is 0 Å². The van der Waals surface area contributed by atoms with Crippen molar-refractivity contribution in [3.8, 4) is 0 Å². The Balaban J connectivity index is 2.30. The Kier molecular flexibility index (Phi) is 3.80. The van der Waals surface area contributed by atoms with E-state index in [4.69, 9.17) is 5.73 Å². The smallest absolute Gasteiger partial charge is 0.257 e. The zero-order chi connectivity index (χ0) is 14.0. The van der Waals surface area contributed by atoms with E-state index in [0.717, 1.165) is 4.47 Å². The molecule has 0 saturated carbocycles. The summed E-state index contributed by atoms with van der Waals surface area (Å²) in [5, 5.41) is 10.6. The predicted octanol–water partition coefficient (Wildman–Crippen LogP) is 2.69. The maximum Gasteiger partial charge on any atom is 0.257 e. The van der Waals surface area contributed by atoms with Crippen LogP contribution >= 0.6 is 15.9 Å². The number of hydrogen-bond donors (Lipinski definition) is 2. The zero-order valence-corrected chi connectivity index (χ0v) is 12.2. The van der Waals surface area contributed by atoms with Crippen LogP contribution in [0.5, 0.6) is 0 Å². The number of aromatic nitrogens is 2. The van der Waals surface area contributed by atoms with Crippen LogP contribution in [0.4, 0.5) is 11.4 Å². The molecule has 0 radical (unpaired) electrons. The van der Waals surface area contributed by atoms with Crippen LogP contribution in [0.15, 0.2) is 28.7 Å². The molecule has 0 bridgehead atoms. The molecule has 0 fully saturated rings. The van der Waals surface area contributed by atoms with Crippen molar-refractivity contribution in [2.45, 2.75) is 13.8 Å². The average Bonchev–Trinajstić information content (AvgIpc) is 2.36. The average molecular weight is 321 g/mol. The first kappa shape index (κ1) is 13.5. The van der Waals surface area contributed by atoms with Gasteiger partial charge in [-0.1, -0.05) is 0 Å². The van der Waals surface area contributed by atoms with E-state index < -0.39 is 0 Å². The minimum atomic E-state index is -0.234. The van der Waals surface area contributed by atoms with Gasteiger partial charge in [0.15, 0.2) is 0 Å². The van der Waals surface area contributed by atoms with Crippen molar-refractivity contribution in [1.29, 1.82) is 0 Å². The van der Waals surface area contributed by atoms with Crippen molar-refractivity contribution in [3.63, 3.8) is 0 Å². The molecule has 98 valence electrons. The van der Waals surface area contributed by atoms with Crippen molar-refractivity contribution >= 4 is 33.2 Å². The number of nitrogens with zero attached hydrogens (tertiary/aromatic N) is 2. The molecule has 1 aromatic heterocycles. The Hall–Kier alpha value is -1.95. The van der Waals surface area contributed by atoms with Crippen molar-refractivity contribution in [3.05, 3.63) is 45.7 Å². The van der Waals surface area contributed by atoms with E-state index >= 15 is 0 Å². The van der Waals surface area contributed by atoms with Crippen LogP contribution in [-0.2, 0) is 0 Å². The molecule has 0 aliphatic rings. The number of nitrogens with two attached hydrogens (primary N) is 1. The van der Waals surface area contributed by atoms with Gasteiger partial charge in [-0.05, 0) is 54.0 Å². The molecule has 2 rings (SSSR count). The summed E-state index contributed by atoms with van der Waals surface area (Å²) in [5.41, 5.74) is 8.69. The summed E-state index contributed by atoms with van der Waals surface area (Å²) >= 11 is 3.37. The Morgan fingerprint density at radius 1 is 1.26 bits per heavy atom. The molecular formula is C13H13BrN4O. The number of amides is 1. The molecule has 0 aliphatic heterocycles. The summed E-state index contributed by atoms with van der Waals surface area (Å²) in [4.78, 5) is 12.2. The standard InChI is InChI=1S/C13H13BrN4O/c1-7-5-10(8(2)18-17-7)13(19)16-12-6-9(15)3-4-11(12)14/h3-6H,15H2,1-2H3,(H,16,19). The largest absolute Gasteiger partial charge is 0.399 e. The number of benzene rings is 1. The summed E-state index contributed by atoms with van der Waals surface area (Å²) in [5.74, 6) is -0.234. The third-order valence-electron chi connectivity index (χ3n) is 2.58. The summed E-state index contributed by atoms with van der Waals surface area (Å²) in [6.45, 7) is 3.54. The van der Waals surface area contributed by atoms with Crippen molar-refractivity contribution in [2.75, 3.05) is 11.1 Å². The molecule has 19 heavy (non-hydrogen) atoms. The minimum Gasteiger partial charge on any atom is -0.399 e. The molecule has 5 nitrogen and oxygen atoms in total. The number of carbonyl (C=O) groups excluding carboxylic acids is 1. The quantitative estimate of drug-likeness (QED) is 0.833. The maximum absolute atomic E-state index is 12.2. The number of nitrogen functional groups attached to an aromatic ring is 1. The molecule has 1 aromatic carbocycles. The highest BCUT2D eigenvalue weighted by atomic mass is 79.9. The van der Waals surface area contributed by atoms with Crippen LogP contribution in [-0.4, -0.2) is 16.1 Å². The molecule has 6 heteroatoms. The van der Waals surface area contributed by atoms with E-state index in [2.05, 4.69) is 31.4 Å². The first-order chi connectivity index (χ1) is 8.97. The normalized spacial score (nSPS) is 10.3. The Morgan fingerprint density at radius 3 is 2.74 bits per heavy atom. The Bertz CT molecular complexity index is 643. The molecule has 0 atom stereocenters. The van der Waals surface area contributed by atoms with Gasteiger partial charge in [0.1, 0.15) is 0 Å². The van der Waals surface area contributed by atoms with E-state index in [0.29, 0.717) is 28.3 Å². The third-order valence-corrected chi connectivity index (χ3v) is 3.28. The SMILES string of the molecule is Cc1cc(C(=O)Nc2cc(N)ccc2Br)c(C)nn1. The number of anilines is 2. The molecule has 0 spiro atoms. The van der Waals surface area contributed by atoms with Crippen LogP contribution < -0.4 is 11.1 Å². The molecule has 0 aliphatic carbocycles. The molecule has 0 saturated heterocycles. The number of carbonyl (C=O) groups is 1. The second-order valence-corrected chi connectivity index (χ2v) is 5.03. The molecule has 3 N–H and O–H groups in total. The van der Waals surface area contributed by atoms with E-state index in [1.54, 1.807) is 38.1 Å². The highest BCUT2D eigenvalue weighted by molar-refractivity contribution is 9.10. The predicted molar refractivity (Wildman–Crippen MR) is 78.0 cm³/mol. The summed E-state index contributed by atoms with van der Waals surface area (Å²) in [7, 11) is 0. The van der Waals surface area contributed by atoms with Crippen molar-refractivity contribution in [2.24, 2.45) is 0 Å². The highest BCUT2D eigenvalue weighted by Gasteiger charge is 2.12. The van der Waals surface area contributed by atoms with Gasteiger partial charge in [0, 0.05) is 10.2 Å². The number of nitrogens with one attached hydrogen (secondary N) is 1. The fourth-order valence-corrected chi connectivity index (χ4v) is 1.95. The first-order valence-electron chi connectivity index (χ1n) is 5.64. The van der Waals surface area contributed by atoms with Gasteiger partial charge in [-0.25, -0.2) is 0 Å². The molecule has 2 aromatic rings. The lowest BCUT2D eigenvalue weighted by Gasteiger charge is -2.09.